The maximum atomic E-state index is 12.2. The first kappa shape index (κ1) is 20.3. The molecule has 150 valence electrons. The Kier molecular flexibility index (Phi) is 6.40. The van der Waals surface area contributed by atoms with Crippen molar-refractivity contribution in [2.24, 2.45) is 0 Å². The largest absolute Gasteiger partial charge is 0.493 e. The molecule has 1 N–H and O–H groups in total. The topological polar surface area (TPSA) is 104 Å². The summed E-state index contributed by atoms with van der Waals surface area (Å²) in [5.41, 5.74) is 2.35. The molecule has 1 heterocycles. The van der Waals surface area contributed by atoms with Crippen LogP contribution in [0.1, 0.15) is 16.3 Å². The van der Waals surface area contributed by atoms with Crippen molar-refractivity contribution in [2.75, 3.05) is 12.4 Å². The maximum Gasteiger partial charge on any atom is 0.273 e. The zero-order valence-electron chi connectivity index (χ0n) is 15.9. The van der Waals surface area contributed by atoms with Crippen molar-refractivity contribution in [3.05, 3.63) is 74.2 Å². The Bertz CT molecular complexity index is 1030. The SMILES string of the molecule is COc1cc([N+](=O)[O-])ccc1OCc1csc(CC(=O)Nc2ccccc2C)n1. The Balaban J connectivity index is 1.59. The van der Waals surface area contributed by atoms with E-state index in [4.69, 9.17) is 9.47 Å². The Hall–Kier alpha value is -3.46. The number of non-ortho nitro benzene ring substituents is 1. The quantitative estimate of drug-likeness (QED) is 0.440. The van der Waals surface area contributed by atoms with Crippen LogP contribution < -0.4 is 14.8 Å². The van der Waals surface area contributed by atoms with E-state index in [1.807, 2.05) is 36.6 Å². The lowest BCUT2D eigenvalue weighted by Crippen LogP contribution is -2.15. The second kappa shape index (κ2) is 9.16. The van der Waals surface area contributed by atoms with Gasteiger partial charge in [-0.2, -0.15) is 0 Å². The number of para-hydroxylation sites is 1. The van der Waals surface area contributed by atoms with Gasteiger partial charge in [0.1, 0.15) is 11.6 Å². The maximum absolute atomic E-state index is 12.2. The molecule has 0 aliphatic carbocycles. The predicted molar refractivity (Wildman–Crippen MR) is 110 cm³/mol. The number of nitrogens with one attached hydrogen (secondary N) is 1. The van der Waals surface area contributed by atoms with Gasteiger partial charge in [0.25, 0.3) is 5.69 Å². The number of methoxy groups -OCH3 is 1. The van der Waals surface area contributed by atoms with E-state index in [0.717, 1.165) is 11.3 Å². The van der Waals surface area contributed by atoms with Crippen molar-refractivity contribution in [1.82, 2.24) is 4.98 Å². The van der Waals surface area contributed by atoms with Gasteiger partial charge in [-0.15, -0.1) is 11.3 Å². The molecule has 3 aromatic rings. The summed E-state index contributed by atoms with van der Waals surface area (Å²) in [6.45, 7) is 2.09. The third kappa shape index (κ3) is 5.29. The van der Waals surface area contributed by atoms with Gasteiger partial charge >= 0.3 is 0 Å². The van der Waals surface area contributed by atoms with Crippen molar-refractivity contribution in [3.8, 4) is 11.5 Å². The Morgan fingerprint density at radius 2 is 2.03 bits per heavy atom. The van der Waals surface area contributed by atoms with Crippen LogP contribution in [0.25, 0.3) is 0 Å². The molecule has 1 aromatic heterocycles. The highest BCUT2D eigenvalue weighted by Crippen LogP contribution is 2.31. The lowest BCUT2D eigenvalue weighted by molar-refractivity contribution is -0.385. The standard InChI is InChI=1S/C20H19N3O5S/c1-13-5-3-4-6-16(13)22-19(24)10-20-21-14(12-29-20)11-28-17-8-7-15(23(25)26)9-18(17)27-2/h3-9,12H,10-11H2,1-2H3,(H,22,24). The van der Waals surface area contributed by atoms with E-state index in [2.05, 4.69) is 10.3 Å². The average molecular weight is 413 g/mol. The summed E-state index contributed by atoms with van der Waals surface area (Å²) in [5.74, 6) is 0.510. The summed E-state index contributed by atoms with van der Waals surface area (Å²) < 4.78 is 10.8. The molecule has 0 saturated carbocycles. The van der Waals surface area contributed by atoms with E-state index in [-0.39, 0.29) is 30.4 Å². The van der Waals surface area contributed by atoms with E-state index in [0.29, 0.717) is 16.5 Å². The number of aromatic nitrogens is 1. The number of thiazole rings is 1. The molecule has 29 heavy (non-hydrogen) atoms. The predicted octanol–water partition coefficient (Wildman–Crippen LogP) is 4.13. The fourth-order valence-corrected chi connectivity index (χ4v) is 3.36. The van der Waals surface area contributed by atoms with Gasteiger partial charge in [0.15, 0.2) is 11.5 Å². The van der Waals surface area contributed by atoms with Crippen molar-refractivity contribution in [1.29, 1.82) is 0 Å². The number of hydrogen-bond acceptors (Lipinski definition) is 7. The first-order valence-electron chi connectivity index (χ1n) is 8.70. The van der Waals surface area contributed by atoms with Crippen LogP contribution in [0.3, 0.4) is 0 Å². The summed E-state index contributed by atoms with van der Waals surface area (Å²) in [5, 5.41) is 16.2. The van der Waals surface area contributed by atoms with E-state index in [1.165, 1.54) is 36.6 Å². The molecule has 0 bridgehead atoms. The van der Waals surface area contributed by atoms with Crippen LogP contribution in [-0.2, 0) is 17.8 Å². The van der Waals surface area contributed by atoms with E-state index >= 15 is 0 Å². The number of benzene rings is 2. The van der Waals surface area contributed by atoms with E-state index in [1.54, 1.807) is 0 Å². The molecule has 0 spiro atoms. The van der Waals surface area contributed by atoms with Crippen LogP contribution in [0, 0.1) is 17.0 Å². The molecule has 3 rings (SSSR count). The van der Waals surface area contributed by atoms with Crippen molar-refractivity contribution < 1.29 is 19.2 Å². The van der Waals surface area contributed by atoms with E-state index in [9.17, 15) is 14.9 Å². The van der Waals surface area contributed by atoms with Crippen LogP contribution in [0.2, 0.25) is 0 Å². The number of nitro groups is 1. The number of rotatable bonds is 8. The summed E-state index contributed by atoms with van der Waals surface area (Å²) in [6, 6.07) is 11.7. The van der Waals surface area contributed by atoms with Crippen LogP contribution in [0.4, 0.5) is 11.4 Å². The number of amides is 1. The van der Waals surface area contributed by atoms with Crippen LogP contribution in [0.5, 0.6) is 11.5 Å². The number of nitro benzene ring substituents is 1. The summed E-state index contributed by atoms with van der Waals surface area (Å²) in [7, 11) is 1.42. The Morgan fingerprint density at radius 1 is 1.24 bits per heavy atom. The first-order valence-corrected chi connectivity index (χ1v) is 9.58. The minimum absolute atomic E-state index is 0.0789. The summed E-state index contributed by atoms with van der Waals surface area (Å²) in [6.07, 6.45) is 0.167. The number of hydrogen-bond donors (Lipinski definition) is 1. The fourth-order valence-electron chi connectivity index (χ4n) is 2.58. The molecule has 0 aliphatic heterocycles. The van der Waals surface area contributed by atoms with Crippen molar-refractivity contribution in [2.45, 2.75) is 20.0 Å². The molecule has 0 radical (unpaired) electrons. The van der Waals surface area contributed by atoms with Gasteiger partial charge in [-0.3, -0.25) is 14.9 Å². The first-order chi connectivity index (χ1) is 14.0. The van der Waals surface area contributed by atoms with Crippen molar-refractivity contribution >= 4 is 28.6 Å². The average Bonchev–Trinajstić information content (AvgIpc) is 3.15. The Morgan fingerprint density at radius 3 is 2.76 bits per heavy atom. The molecule has 8 nitrogen and oxygen atoms in total. The molecule has 0 saturated heterocycles. The molecule has 0 unspecified atom stereocenters. The third-order valence-electron chi connectivity index (χ3n) is 4.06. The van der Waals surface area contributed by atoms with Gasteiger partial charge in [0.2, 0.25) is 5.91 Å². The van der Waals surface area contributed by atoms with Gasteiger partial charge in [-0.1, -0.05) is 18.2 Å². The summed E-state index contributed by atoms with van der Waals surface area (Å²) >= 11 is 1.37. The third-order valence-corrected chi connectivity index (χ3v) is 4.96. The minimum Gasteiger partial charge on any atom is -0.493 e. The van der Waals surface area contributed by atoms with Gasteiger partial charge in [-0.05, 0) is 24.6 Å². The van der Waals surface area contributed by atoms with Crippen LogP contribution in [-0.4, -0.2) is 22.9 Å². The number of nitrogens with zero attached hydrogens (tertiary/aromatic N) is 2. The zero-order chi connectivity index (χ0) is 20.8. The molecule has 9 heteroatoms. The second-order valence-electron chi connectivity index (χ2n) is 6.15. The lowest BCUT2D eigenvalue weighted by atomic mass is 10.2. The van der Waals surface area contributed by atoms with Crippen molar-refractivity contribution in [3.63, 3.8) is 0 Å². The number of aryl methyl sites for hydroxylation is 1. The highest BCUT2D eigenvalue weighted by Gasteiger charge is 2.14. The minimum atomic E-state index is -0.499. The molecule has 0 atom stereocenters. The number of anilines is 1. The molecular formula is C20H19N3O5S. The highest BCUT2D eigenvalue weighted by atomic mass is 32.1. The second-order valence-corrected chi connectivity index (χ2v) is 7.10. The zero-order valence-corrected chi connectivity index (χ0v) is 16.7. The molecule has 2 aromatic carbocycles. The normalized spacial score (nSPS) is 10.4. The highest BCUT2D eigenvalue weighted by molar-refractivity contribution is 7.09. The van der Waals surface area contributed by atoms with Gasteiger partial charge < -0.3 is 14.8 Å². The van der Waals surface area contributed by atoms with E-state index < -0.39 is 4.92 Å². The summed E-state index contributed by atoms with van der Waals surface area (Å²) in [4.78, 5) is 27.0. The Labute approximate surface area is 171 Å². The molecule has 1 amide bonds. The number of carbonyl (C=O) groups excluding carboxylic acids is 1. The van der Waals surface area contributed by atoms with Gasteiger partial charge in [0.05, 0.1) is 30.2 Å². The van der Waals surface area contributed by atoms with Gasteiger partial charge in [0, 0.05) is 17.1 Å². The molecule has 0 fully saturated rings. The monoisotopic (exact) mass is 413 g/mol. The lowest BCUT2D eigenvalue weighted by Gasteiger charge is -2.09. The van der Waals surface area contributed by atoms with Crippen LogP contribution in [0.15, 0.2) is 47.8 Å². The van der Waals surface area contributed by atoms with Crippen LogP contribution >= 0.6 is 11.3 Å². The fraction of sp³-hybridized carbons (Fsp3) is 0.200. The number of ether oxygens (including phenoxy) is 2. The molecule has 0 aliphatic rings. The number of carbonyl (C=O) groups is 1. The smallest absolute Gasteiger partial charge is 0.273 e. The van der Waals surface area contributed by atoms with Gasteiger partial charge in [-0.25, -0.2) is 4.98 Å². The molecular weight excluding hydrogens is 394 g/mol.